The van der Waals surface area contributed by atoms with Gasteiger partial charge in [0.1, 0.15) is 0 Å². The minimum atomic E-state index is -0.314. The Morgan fingerprint density at radius 1 is 1.00 bits per heavy atom. The van der Waals surface area contributed by atoms with Gasteiger partial charge in [-0.3, -0.25) is 4.79 Å². The quantitative estimate of drug-likeness (QED) is 0.779. The van der Waals surface area contributed by atoms with E-state index < -0.39 is 0 Å². The van der Waals surface area contributed by atoms with Crippen molar-refractivity contribution in [1.29, 1.82) is 0 Å². The molecule has 0 saturated carbocycles. The van der Waals surface area contributed by atoms with Gasteiger partial charge in [-0.1, -0.05) is 68.4 Å². The summed E-state index contributed by atoms with van der Waals surface area (Å²) in [4.78, 5) is 12.7. The molecule has 19 heavy (non-hydrogen) atoms. The van der Waals surface area contributed by atoms with Crippen LogP contribution in [0.2, 0.25) is 0 Å². The number of hydrogen-bond donors (Lipinski definition) is 0. The third-order valence-electron chi connectivity index (χ3n) is 4.56. The summed E-state index contributed by atoms with van der Waals surface area (Å²) in [5.74, 6) is 0.566. The van der Waals surface area contributed by atoms with E-state index in [-0.39, 0.29) is 11.3 Å². The fourth-order valence-electron chi connectivity index (χ4n) is 3.18. The second-order valence-corrected chi connectivity index (χ2v) is 5.72. The molecule has 96 valence electrons. The van der Waals surface area contributed by atoms with Crippen LogP contribution in [0.4, 0.5) is 0 Å². The van der Waals surface area contributed by atoms with E-state index in [0.717, 1.165) is 12.0 Å². The first-order valence-electron chi connectivity index (χ1n) is 6.80. The Morgan fingerprint density at radius 2 is 1.63 bits per heavy atom. The molecule has 0 radical (unpaired) electrons. The smallest absolute Gasteiger partial charge is 0.169 e. The van der Waals surface area contributed by atoms with Crippen molar-refractivity contribution in [2.24, 2.45) is 5.41 Å². The molecule has 0 saturated heterocycles. The normalized spacial score (nSPS) is 25.4. The molecule has 1 aliphatic carbocycles. The molecule has 2 aromatic carbocycles. The number of Topliss-reactive ketones (excluding diaryl/α,β-unsaturated/α-hetero) is 1. The minimum absolute atomic E-state index is 0.274. The van der Waals surface area contributed by atoms with Crippen LogP contribution in [0, 0.1) is 5.41 Å². The van der Waals surface area contributed by atoms with Crippen LogP contribution in [0.1, 0.15) is 41.3 Å². The van der Waals surface area contributed by atoms with Crippen molar-refractivity contribution in [1.82, 2.24) is 0 Å². The molecule has 0 fully saturated rings. The van der Waals surface area contributed by atoms with Crippen molar-refractivity contribution in [3.63, 3.8) is 0 Å². The molecule has 1 aliphatic rings. The molecule has 1 nitrogen and oxygen atoms in total. The molecule has 0 amide bonds. The largest absolute Gasteiger partial charge is 0.294 e. The molecular formula is C18H18O. The van der Waals surface area contributed by atoms with Gasteiger partial charge >= 0.3 is 0 Å². The molecule has 3 rings (SSSR count). The summed E-state index contributed by atoms with van der Waals surface area (Å²) in [6.07, 6.45) is 0.808. The molecule has 1 heteroatoms. The molecule has 2 atom stereocenters. The molecule has 0 bridgehead atoms. The van der Waals surface area contributed by atoms with Gasteiger partial charge in [-0.05, 0) is 23.5 Å². The number of hydrogen-bond acceptors (Lipinski definition) is 1. The average molecular weight is 250 g/mol. The van der Waals surface area contributed by atoms with Crippen LogP contribution < -0.4 is 0 Å². The van der Waals surface area contributed by atoms with E-state index in [0.29, 0.717) is 5.78 Å². The topological polar surface area (TPSA) is 17.1 Å². The van der Waals surface area contributed by atoms with Crippen molar-refractivity contribution < 1.29 is 4.79 Å². The van der Waals surface area contributed by atoms with Gasteiger partial charge in [0.05, 0.1) is 0 Å². The van der Waals surface area contributed by atoms with Gasteiger partial charge < -0.3 is 0 Å². The fraction of sp³-hybridized carbons (Fsp3) is 0.278. The zero-order chi connectivity index (χ0) is 13.5. The van der Waals surface area contributed by atoms with Crippen molar-refractivity contribution in [2.45, 2.75) is 26.2 Å². The lowest BCUT2D eigenvalue weighted by Crippen LogP contribution is -2.29. The summed E-state index contributed by atoms with van der Waals surface area (Å²) in [5.41, 5.74) is 3.03. The Balaban J connectivity index is 2.00. The molecule has 0 heterocycles. The van der Waals surface area contributed by atoms with E-state index in [1.54, 1.807) is 0 Å². The van der Waals surface area contributed by atoms with E-state index in [9.17, 15) is 4.79 Å². The van der Waals surface area contributed by atoms with E-state index in [1.165, 1.54) is 11.1 Å². The Kier molecular flexibility index (Phi) is 2.78. The molecule has 2 unspecified atom stereocenters. The number of fused-ring (bicyclic) bond motifs is 1. The molecule has 0 spiro atoms. The van der Waals surface area contributed by atoms with E-state index in [4.69, 9.17) is 0 Å². The standard InChI is InChI=1S/C18H18O/c1-13-15-10-6-7-11-16(15)17(19)18(13,2)12-14-8-4-3-5-9-14/h3-11,13H,12H2,1-2H3. The van der Waals surface area contributed by atoms with Crippen LogP contribution in [0.15, 0.2) is 54.6 Å². The fourth-order valence-corrected chi connectivity index (χ4v) is 3.18. The van der Waals surface area contributed by atoms with Crippen LogP contribution in [0.25, 0.3) is 0 Å². The van der Waals surface area contributed by atoms with Crippen LogP contribution >= 0.6 is 0 Å². The first-order valence-corrected chi connectivity index (χ1v) is 6.80. The molecule has 0 N–H and O–H groups in total. The highest BCUT2D eigenvalue weighted by atomic mass is 16.1. The average Bonchev–Trinajstić information content (AvgIpc) is 2.63. The monoisotopic (exact) mass is 250 g/mol. The van der Waals surface area contributed by atoms with Gasteiger partial charge in [-0.2, -0.15) is 0 Å². The van der Waals surface area contributed by atoms with Crippen LogP contribution in [-0.4, -0.2) is 5.78 Å². The second-order valence-electron chi connectivity index (χ2n) is 5.72. The van der Waals surface area contributed by atoms with Crippen molar-refractivity contribution in [3.8, 4) is 0 Å². The van der Waals surface area contributed by atoms with Gasteiger partial charge in [0.2, 0.25) is 0 Å². The highest BCUT2D eigenvalue weighted by Gasteiger charge is 2.46. The summed E-state index contributed by atoms with van der Waals surface area (Å²) < 4.78 is 0. The predicted octanol–water partition coefficient (Wildman–Crippen LogP) is 4.24. The van der Waals surface area contributed by atoms with E-state index in [2.05, 4.69) is 32.0 Å². The first kappa shape index (κ1) is 12.2. The zero-order valence-corrected chi connectivity index (χ0v) is 11.4. The van der Waals surface area contributed by atoms with Crippen LogP contribution in [0.3, 0.4) is 0 Å². The van der Waals surface area contributed by atoms with Crippen LogP contribution in [0.5, 0.6) is 0 Å². The summed E-state index contributed by atoms with van der Waals surface area (Å²) in [7, 11) is 0. The Labute approximate surface area is 114 Å². The van der Waals surface area contributed by atoms with Crippen molar-refractivity contribution >= 4 is 5.78 Å². The maximum Gasteiger partial charge on any atom is 0.169 e. The minimum Gasteiger partial charge on any atom is -0.294 e. The van der Waals surface area contributed by atoms with Crippen molar-refractivity contribution in [3.05, 3.63) is 71.3 Å². The lowest BCUT2D eigenvalue weighted by atomic mass is 9.73. The maximum absolute atomic E-state index is 12.7. The summed E-state index contributed by atoms with van der Waals surface area (Å²) in [6.45, 7) is 4.28. The SMILES string of the molecule is CC1c2ccccc2C(=O)C1(C)Cc1ccccc1. The van der Waals surface area contributed by atoms with Crippen molar-refractivity contribution in [2.75, 3.05) is 0 Å². The van der Waals surface area contributed by atoms with Crippen LogP contribution in [-0.2, 0) is 6.42 Å². The van der Waals surface area contributed by atoms with Gasteiger partial charge in [-0.15, -0.1) is 0 Å². The zero-order valence-electron chi connectivity index (χ0n) is 11.4. The molecule has 2 aromatic rings. The molecule has 0 aromatic heterocycles. The van der Waals surface area contributed by atoms with Gasteiger partial charge in [0, 0.05) is 11.0 Å². The maximum atomic E-state index is 12.7. The van der Waals surface area contributed by atoms with E-state index in [1.807, 2.05) is 36.4 Å². The Morgan fingerprint density at radius 3 is 2.32 bits per heavy atom. The Hall–Kier alpha value is -1.89. The summed E-state index contributed by atoms with van der Waals surface area (Å²) in [6, 6.07) is 18.3. The molecule has 0 aliphatic heterocycles. The highest BCUT2D eigenvalue weighted by molar-refractivity contribution is 6.05. The van der Waals surface area contributed by atoms with Gasteiger partial charge in [0.25, 0.3) is 0 Å². The van der Waals surface area contributed by atoms with Gasteiger partial charge in [-0.25, -0.2) is 0 Å². The molecular weight excluding hydrogens is 232 g/mol. The summed E-state index contributed by atoms with van der Waals surface area (Å²) in [5, 5.41) is 0. The predicted molar refractivity (Wildman–Crippen MR) is 77.4 cm³/mol. The number of carbonyl (C=O) groups excluding carboxylic acids is 1. The lowest BCUT2D eigenvalue weighted by molar-refractivity contribution is 0.0815. The number of benzene rings is 2. The van der Waals surface area contributed by atoms with Gasteiger partial charge in [0.15, 0.2) is 5.78 Å². The number of carbonyl (C=O) groups is 1. The van der Waals surface area contributed by atoms with E-state index >= 15 is 0 Å². The third-order valence-corrected chi connectivity index (χ3v) is 4.56. The third kappa shape index (κ3) is 1.81. The Bertz CT molecular complexity index is 615. The first-order chi connectivity index (χ1) is 9.13. The highest BCUT2D eigenvalue weighted by Crippen LogP contribution is 2.48. The summed E-state index contributed by atoms with van der Waals surface area (Å²) >= 11 is 0. The number of rotatable bonds is 2. The number of ketones is 1. The second kappa shape index (κ2) is 4.34. The lowest BCUT2D eigenvalue weighted by Gasteiger charge is -2.28.